The number of thiophene rings is 1. The highest BCUT2D eigenvalue weighted by molar-refractivity contribution is 7.25. The van der Waals surface area contributed by atoms with Gasteiger partial charge in [0, 0.05) is 42.4 Å². The van der Waals surface area contributed by atoms with E-state index in [9.17, 15) is 0 Å². The number of fused-ring (bicyclic) bond motifs is 9. The maximum atomic E-state index is 2.61. The summed E-state index contributed by atoms with van der Waals surface area (Å²) < 4.78 is 2.66. The van der Waals surface area contributed by atoms with Crippen molar-refractivity contribution < 1.29 is 0 Å². The second-order valence-electron chi connectivity index (χ2n) is 15.8. The van der Waals surface area contributed by atoms with Crippen molar-refractivity contribution in [3.8, 4) is 22.3 Å². The molecule has 0 saturated carbocycles. The van der Waals surface area contributed by atoms with Gasteiger partial charge in [-0.05, 0) is 91.9 Å². The van der Waals surface area contributed by atoms with Crippen molar-refractivity contribution in [3.05, 3.63) is 149 Å². The Hall–Kier alpha value is -4.66. The van der Waals surface area contributed by atoms with E-state index in [0.29, 0.717) is 0 Å². The second kappa shape index (κ2) is 9.94. The van der Waals surface area contributed by atoms with Crippen molar-refractivity contribution in [3.63, 3.8) is 0 Å². The van der Waals surface area contributed by atoms with Crippen molar-refractivity contribution in [2.75, 3.05) is 4.90 Å². The molecule has 2 heteroatoms. The largest absolute Gasteiger partial charge is 0.310 e. The van der Waals surface area contributed by atoms with Crippen LogP contribution in [-0.2, 0) is 16.2 Å². The topological polar surface area (TPSA) is 3.24 Å². The predicted octanol–water partition coefficient (Wildman–Crippen LogP) is 13.4. The van der Waals surface area contributed by atoms with Crippen LogP contribution >= 0.6 is 11.3 Å². The summed E-state index contributed by atoms with van der Waals surface area (Å²) in [4.78, 5) is 2.61. The van der Waals surface area contributed by atoms with Gasteiger partial charge in [0.2, 0.25) is 0 Å². The molecule has 0 saturated heterocycles. The zero-order chi connectivity index (χ0) is 33.2. The standard InChI is InChI=1S/C46H41NS/c1-44(2,3)40-38-31-20-11-14-22-34(31)45(4,5)41(38)43(42-39(40)32-21-12-15-23-35(32)46(42,6)7)47(28-17-9-8-10-18-28)29-25-26-37-33(27-29)30-19-13-16-24-36(30)48-37/h8-27H,1-7H3. The molecule has 48 heavy (non-hydrogen) atoms. The van der Waals surface area contributed by atoms with Gasteiger partial charge in [-0.3, -0.25) is 0 Å². The quantitative estimate of drug-likeness (QED) is 0.186. The van der Waals surface area contributed by atoms with E-state index in [4.69, 9.17) is 0 Å². The first-order valence-electron chi connectivity index (χ1n) is 17.2. The van der Waals surface area contributed by atoms with Crippen LogP contribution in [0.4, 0.5) is 17.1 Å². The maximum absolute atomic E-state index is 2.61. The minimum Gasteiger partial charge on any atom is -0.310 e. The van der Waals surface area contributed by atoms with Crippen LogP contribution in [0.3, 0.4) is 0 Å². The molecule has 0 bridgehead atoms. The fourth-order valence-corrected chi connectivity index (χ4v) is 10.2. The zero-order valence-electron chi connectivity index (χ0n) is 28.9. The van der Waals surface area contributed by atoms with E-state index in [-0.39, 0.29) is 16.2 Å². The minimum atomic E-state index is -0.215. The summed E-state index contributed by atoms with van der Waals surface area (Å²) in [5.74, 6) is 0. The molecule has 2 aliphatic carbocycles. The van der Waals surface area contributed by atoms with Crippen molar-refractivity contribution in [1.82, 2.24) is 0 Å². The third-order valence-electron chi connectivity index (χ3n) is 11.1. The fourth-order valence-electron chi connectivity index (χ4n) is 9.07. The molecule has 236 valence electrons. The summed E-state index contributed by atoms with van der Waals surface area (Å²) in [6.07, 6.45) is 0. The van der Waals surface area contributed by atoms with Gasteiger partial charge in [-0.2, -0.15) is 0 Å². The summed E-state index contributed by atoms with van der Waals surface area (Å²) in [5.41, 5.74) is 16.0. The Morgan fingerprint density at radius 3 is 1.65 bits per heavy atom. The third kappa shape index (κ3) is 3.90. The van der Waals surface area contributed by atoms with E-state index < -0.39 is 0 Å². The number of rotatable bonds is 3. The van der Waals surface area contributed by atoms with Crippen molar-refractivity contribution >= 4 is 48.6 Å². The molecule has 0 aliphatic heterocycles. The van der Waals surface area contributed by atoms with Crippen molar-refractivity contribution in [2.24, 2.45) is 0 Å². The minimum absolute atomic E-state index is 0.0835. The number of hydrogen-bond donors (Lipinski definition) is 0. The number of hydrogen-bond acceptors (Lipinski definition) is 2. The van der Waals surface area contributed by atoms with Crippen LogP contribution in [0.1, 0.15) is 76.3 Å². The lowest BCUT2D eigenvalue weighted by molar-refractivity contribution is 0.587. The Labute approximate surface area is 288 Å². The molecule has 0 radical (unpaired) electrons. The van der Waals surface area contributed by atoms with Crippen LogP contribution in [0, 0.1) is 0 Å². The Morgan fingerprint density at radius 2 is 1.04 bits per heavy atom. The molecule has 0 N–H and O–H groups in total. The Balaban J connectivity index is 1.50. The first kappa shape index (κ1) is 29.5. The smallest absolute Gasteiger partial charge is 0.0556 e. The first-order chi connectivity index (χ1) is 23.0. The number of anilines is 3. The summed E-state index contributed by atoms with van der Waals surface area (Å²) in [7, 11) is 0. The van der Waals surface area contributed by atoms with Crippen LogP contribution in [0.15, 0.2) is 121 Å². The molecule has 0 amide bonds. The molecule has 7 aromatic rings. The summed E-state index contributed by atoms with van der Waals surface area (Å²) in [6, 6.07) is 45.4. The van der Waals surface area contributed by atoms with E-state index in [1.807, 2.05) is 11.3 Å². The highest BCUT2D eigenvalue weighted by Gasteiger charge is 2.50. The molecular weight excluding hydrogens is 599 g/mol. The van der Waals surface area contributed by atoms with E-state index >= 15 is 0 Å². The summed E-state index contributed by atoms with van der Waals surface area (Å²) >= 11 is 1.88. The zero-order valence-corrected chi connectivity index (χ0v) is 29.7. The van der Waals surface area contributed by atoms with Gasteiger partial charge in [-0.25, -0.2) is 0 Å². The van der Waals surface area contributed by atoms with Gasteiger partial charge in [0.25, 0.3) is 0 Å². The fraction of sp³-hybridized carbons (Fsp3) is 0.217. The molecule has 0 unspecified atom stereocenters. The highest BCUT2D eigenvalue weighted by Crippen LogP contribution is 2.65. The van der Waals surface area contributed by atoms with Crippen LogP contribution in [-0.4, -0.2) is 0 Å². The molecule has 2 aliphatic rings. The molecule has 1 aromatic heterocycles. The number of nitrogens with zero attached hydrogens (tertiary/aromatic N) is 1. The lowest BCUT2D eigenvalue weighted by Crippen LogP contribution is -2.27. The molecule has 0 spiro atoms. The van der Waals surface area contributed by atoms with E-state index in [2.05, 4.69) is 175 Å². The first-order valence-corrected chi connectivity index (χ1v) is 18.0. The highest BCUT2D eigenvalue weighted by atomic mass is 32.1. The average molecular weight is 640 g/mol. The normalized spacial score (nSPS) is 15.3. The van der Waals surface area contributed by atoms with Gasteiger partial charge in [-0.1, -0.05) is 133 Å². The van der Waals surface area contributed by atoms with Crippen molar-refractivity contribution in [2.45, 2.75) is 64.7 Å². The van der Waals surface area contributed by atoms with Gasteiger partial charge in [0.1, 0.15) is 0 Å². The van der Waals surface area contributed by atoms with Crippen LogP contribution in [0.2, 0.25) is 0 Å². The van der Waals surface area contributed by atoms with Gasteiger partial charge in [0.15, 0.2) is 0 Å². The van der Waals surface area contributed by atoms with E-state index in [0.717, 1.165) is 0 Å². The summed E-state index contributed by atoms with van der Waals surface area (Å²) in [5, 5.41) is 2.64. The molecule has 6 aromatic carbocycles. The Bertz CT molecular complexity index is 2350. The average Bonchev–Trinajstić information content (AvgIpc) is 3.64. The van der Waals surface area contributed by atoms with E-state index in [1.165, 1.54) is 87.3 Å². The number of benzene rings is 6. The van der Waals surface area contributed by atoms with Crippen molar-refractivity contribution in [1.29, 1.82) is 0 Å². The molecule has 0 fully saturated rings. The molecule has 0 atom stereocenters. The molecule has 1 heterocycles. The van der Waals surface area contributed by atoms with E-state index in [1.54, 1.807) is 0 Å². The van der Waals surface area contributed by atoms with Gasteiger partial charge < -0.3 is 4.90 Å². The molecule has 1 nitrogen and oxygen atoms in total. The molecular formula is C46H41NS. The monoisotopic (exact) mass is 639 g/mol. The summed E-state index contributed by atoms with van der Waals surface area (Å²) in [6.45, 7) is 17.0. The van der Waals surface area contributed by atoms with Gasteiger partial charge in [0.05, 0.1) is 5.69 Å². The van der Waals surface area contributed by atoms with Gasteiger partial charge in [-0.15, -0.1) is 11.3 Å². The lowest BCUT2D eigenvalue weighted by Gasteiger charge is -2.39. The SMILES string of the molecule is CC(C)(C)c1c2c(c(N(c3ccccc3)c3ccc4sc5ccccc5c4c3)c3c1-c1ccccc1C3(C)C)C(C)(C)c1ccccc1-2. The van der Waals surface area contributed by atoms with Crippen LogP contribution in [0.5, 0.6) is 0 Å². The maximum Gasteiger partial charge on any atom is 0.0556 e. The van der Waals surface area contributed by atoms with Crippen LogP contribution < -0.4 is 4.90 Å². The number of para-hydroxylation sites is 1. The second-order valence-corrected chi connectivity index (χ2v) is 16.8. The lowest BCUT2D eigenvalue weighted by atomic mass is 9.71. The Kier molecular flexibility index (Phi) is 6.10. The van der Waals surface area contributed by atoms with Crippen LogP contribution in [0.25, 0.3) is 42.4 Å². The van der Waals surface area contributed by atoms with Gasteiger partial charge >= 0.3 is 0 Å². The predicted molar refractivity (Wildman–Crippen MR) is 208 cm³/mol. The Morgan fingerprint density at radius 1 is 0.521 bits per heavy atom. The third-order valence-corrected chi connectivity index (χ3v) is 12.2. The molecule has 9 rings (SSSR count).